The smallest absolute Gasteiger partial charge is 0.253 e. The van der Waals surface area contributed by atoms with Crippen molar-refractivity contribution in [3.05, 3.63) is 29.8 Å². The molecule has 32 heavy (non-hydrogen) atoms. The van der Waals surface area contributed by atoms with Gasteiger partial charge in [-0.3, -0.25) is 14.5 Å². The van der Waals surface area contributed by atoms with Crippen LogP contribution in [-0.4, -0.2) is 97.6 Å². The van der Waals surface area contributed by atoms with E-state index in [1.807, 2.05) is 25.7 Å². The zero-order chi connectivity index (χ0) is 23.3. The van der Waals surface area contributed by atoms with Crippen molar-refractivity contribution in [2.75, 3.05) is 52.4 Å². The monoisotopic (exact) mass is 464 g/mol. The topological polar surface area (TPSA) is 81.2 Å². The Balaban J connectivity index is 1.64. The second kappa shape index (κ2) is 10.8. The molecule has 0 radical (unpaired) electrons. The Hall–Kier alpha value is -1.97. The van der Waals surface area contributed by atoms with E-state index in [1.165, 1.54) is 6.07 Å². The van der Waals surface area contributed by atoms with Crippen LogP contribution in [-0.2, 0) is 14.8 Å². The summed E-state index contributed by atoms with van der Waals surface area (Å²) in [4.78, 5) is 31.2. The quantitative estimate of drug-likeness (QED) is 0.615. The molecule has 0 bridgehead atoms. The van der Waals surface area contributed by atoms with Crippen molar-refractivity contribution in [1.29, 1.82) is 0 Å². The maximum atomic E-state index is 13.2. The maximum absolute atomic E-state index is 13.2. The number of carbonyl (C=O) groups excluding carboxylic acids is 2. The molecule has 0 saturated carbocycles. The molecule has 8 nitrogen and oxygen atoms in total. The van der Waals surface area contributed by atoms with Gasteiger partial charge in [0.1, 0.15) is 0 Å². The molecular formula is C23H36N4O4S. The zero-order valence-corrected chi connectivity index (χ0v) is 20.3. The normalized spacial score (nSPS) is 20.8. The number of hydrogen-bond donors (Lipinski definition) is 0. The van der Waals surface area contributed by atoms with Gasteiger partial charge < -0.3 is 9.80 Å². The minimum atomic E-state index is -3.62. The summed E-state index contributed by atoms with van der Waals surface area (Å²) in [7, 11) is -3.62. The van der Waals surface area contributed by atoms with Gasteiger partial charge >= 0.3 is 0 Å². The lowest BCUT2D eigenvalue weighted by Crippen LogP contribution is -2.51. The van der Waals surface area contributed by atoms with Gasteiger partial charge in [-0.2, -0.15) is 4.31 Å². The standard InChI is InChI=1S/C23H36N4O4S/c1-4-25(5-2)22(28)18-24-13-15-26(16-14-24)23(29)20-10-8-11-21(17-20)32(30,31)27-12-7-6-9-19(27)3/h8,10-11,17,19H,4-7,9,12-16,18H2,1-3H3. The van der Waals surface area contributed by atoms with E-state index in [2.05, 4.69) is 4.90 Å². The first-order valence-electron chi connectivity index (χ1n) is 11.7. The van der Waals surface area contributed by atoms with E-state index in [0.29, 0.717) is 57.9 Å². The molecule has 2 amide bonds. The summed E-state index contributed by atoms with van der Waals surface area (Å²) in [5.74, 6) is -0.0527. The van der Waals surface area contributed by atoms with Gasteiger partial charge in [-0.1, -0.05) is 12.5 Å². The van der Waals surface area contributed by atoms with Crippen LogP contribution in [0.3, 0.4) is 0 Å². The Morgan fingerprint density at radius 2 is 1.72 bits per heavy atom. The van der Waals surface area contributed by atoms with Crippen molar-refractivity contribution in [2.24, 2.45) is 0 Å². The van der Waals surface area contributed by atoms with Crippen LogP contribution < -0.4 is 0 Å². The predicted molar refractivity (Wildman–Crippen MR) is 124 cm³/mol. The van der Waals surface area contributed by atoms with Gasteiger partial charge in [-0.25, -0.2) is 8.42 Å². The predicted octanol–water partition coefficient (Wildman–Crippen LogP) is 1.88. The lowest BCUT2D eigenvalue weighted by atomic mass is 10.1. The number of carbonyl (C=O) groups is 2. The molecule has 1 aromatic rings. The van der Waals surface area contributed by atoms with E-state index in [9.17, 15) is 18.0 Å². The first-order valence-corrected chi connectivity index (χ1v) is 13.1. The average Bonchev–Trinajstić information content (AvgIpc) is 2.80. The summed E-state index contributed by atoms with van der Waals surface area (Å²) in [5.41, 5.74) is 0.392. The van der Waals surface area contributed by atoms with Crippen LogP contribution >= 0.6 is 0 Å². The summed E-state index contributed by atoms with van der Waals surface area (Å²) < 4.78 is 27.9. The Morgan fingerprint density at radius 1 is 1.03 bits per heavy atom. The van der Waals surface area contributed by atoms with Gasteiger partial charge in [0.15, 0.2) is 0 Å². The van der Waals surface area contributed by atoms with Gasteiger partial charge in [0.2, 0.25) is 15.9 Å². The lowest BCUT2D eigenvalue weighted by molar-refractivity contribution is -0.132. The fraction of sp³-hybridized carbons (Fsp3) is 0.652. The molecule has 2 saturated heterocycles. The third-order valence-corrected chi connectivity index (χ3v) is 8.57. The molecule has 1 unspecified atom stereocenters. The molecular weight excluding hydrogens is 428 g/mol. The second-order valence-corrected chi connectivity index (χ2v) is 10.5. The van der Waals surface area contributed by atoms with Gasteiger partial charge in [0, 0.05) is 57.4 Å². The van der Waals surface area contributed by atoms with Crippen molar-refractivity contribution in [3.63, 3.8) is 0 Å². The summed E-state index contributed by atoms with van der Waals surface area (Å²) in [6.07, 6.45) is 2.76. The van der Waals surface area contributed by atoms with Crippen molar-refractivity contribution in [1.82, 2.24) is 19.0 Å². The first-order chi connectivity index (χ1) is 15.3. The molecule has 2 heterocycles. The number of likely N-dealkylation sites (N-methyl/N-ethyl adjacent to an activating group) is 1. The van der Waals surface area contributed by atoms with E-state index in [0.717, 1.165) is 19.3 Å². The van der Waals surface area contributed by atoms with Crippen molar-refractivity contribution >= 4 is 21.8 Å². The molecule has 9 heteroatoms. The Kier molecular flexibility index (Phi) is 8.30. The molecule has 2 aliphatic heterocycles. The third kappa shape index (κ3) is 5.50. The molecule has 0 spiro atoms. The minimum absolute atomic E-state index is 0.0276. The van der Waals surface area contributed by atoms with Crippen molar-refractivity contribution < 1.29 is 18.0 Å². The number of hydrogen-bond acceptors (Lipinski definition) is 5. The number of amides is 2. The third-order valence-electron chi connectivity index (χ3n) is 6.56. The van der Waals surface area contributed by atoms with Gasteiger partial charge in [-0.05, 0) is 51.8 Å². The van der Waals surface area contributed by atoms with E-state index < -0.39 is 10.0 Å². The van der Waals surface area contributed by atoms with E-state index in [1.54, 1.807) is 27.4 Å². The van der Waals surface area contributed by atoms with Crippen LogP contribution in [0, 0.1) is 0 Å². The molecule has 1 atom stereocenters. The molecule has 0 N–H and O–H groups in total. The Morgan fingerprint density at radius 3 is 2.34 bits per heavy atom. The Labute approximate surface area is 192 Å². The van der Waals surface area contributed by atoms with E-state index >= 15 is 0 Å². The molecule has 2 aliphatic rings. The highest BCUT2D eigenvalue weighted by atomic mass is 32.2. The van der Waals surface area contributed by atoms with Crippen LogP contribution in [0.4, 0.5) is 0 Å². The summed E-state index contributed by atoms with van der Waals surface area (Å²) in [6, 6.07) is 6.38. The van der Waals surface area contributed by atoms with E-state index in [4.69, 9.17) is 0 Å². The van der Waals surface area contributed by atoms with Crippen molar-refractivity contribution in [3.8, 4) is 0 Å². The van der Waals surface area contributed by atoms with E-state index in [-0.39, 0.29) is 22.8 Å². The fourth-order valence-electron chi connectivity index (χ4n) is 4.51. The highest BCUT2D eigenvalue weighted by molar-refractivity contribution is 7.89. The summed E-state index contributed by atoms with van der Waals surface area (Å²) in [5, 5.41) is 0. The lowest BCUT2D eigenvalue weighted by Gasteiger charge is -2.35. The van der Waals surface area contributed by atoms with Gasteiger partial charge in [0.25, 0.3) is 5.91 Å². The molecule has 0 aliphatic carbocycles. The minimum Gasteiger partial charge on any atom is -0.342 e. The fourth-order valence-corrected chi connectivity index (χ4v) is 6.26. The molecule has 0 aromatic heterocycles. The number of nitrogens with zero attached hydrogens (tertiary/aromatic N) is 4. The highest BCUT2D eigenvalue weighted by Gasteiger charge is 2.32. The van der Waals surface area contributed by atoms with Crippen LogP contribution in [0.1, 0.15) is 50.4 Å². The molecule has 178 valence electrons. The molecule has 3 rings (SSSR count). The SMILES string of the molecule is CCN(CC)C(=O)CN1CCN(C(=O)c2cccc(S(=O)(=O)N3CCCCC3C)c2)CC1. The van der Waals surface area contributed by atoms with Crippen LogP contribution in [0.2, 0.25) is 0 Å². The molecule has 2 fully saturated rings. The summed E-state index contributed by atoms with van der Waals surface area (Å²) in [6.45, 7) is 10.5. The number of benzene rings is 1. The average molecular weight is 465 g/mol. The maximum Gasteiger partial charge on any atom is 0.253 e. The second-order valence-electron chi connectivity index (χ2n) is 8.62. The van der Waals surface area contributed by atoms with Gasteiger partial charge in [-0.15, -0.1) is 0 Å². The Bertz CT molecular complexity index is 908. The van der Waals surface area contributed by atoms with Crippen LogP contribution in [0.5, 0.6) is 0 Å². The van der Waals surface area contributed by atoms with Crippen LogP contribution in [0.25, 0.3) is 0 Å². The van der Waals surface area contributed by atoms with Crippen molar-refractivity contribution in [2.45, 2.75) is 51.0 Å². The summed E-state index contributed by atoms with van der Waals surface area (Å²) >= 11 is 0. The number of rotatable bonds is 7. The number of piperazine rings is 1. The zero-order valence-electron chi connectivity index (χ0n) is 19.5. The van der Waals surface area contributed by atoms with Gasteiger partial charge in [0.05, 0.1) is 11.4 Å². The highest BCUT2D eigenvalue weighted by Crippen LogP contribution is 2.26. The molecule has 1 aromatic carbocycles. The first kappa shape index (κ1) is 24.7. The number of sulfonamides is 1. The van der Waals surface area contributed by atoms with Crippen LogP contribution in [0.15, 0.2) is 29.2 Å². The largest absolute Gasteiger partial charge is 0.342 e. The number of piperidine rings is 1.